The summed E-state index contributed by atoms with van der Waals surface area (Å²) in [5, 5.41) is 7.38. The van der Waals surface area contributed by atoms with Crippen LogP contribution >= 0.6 is 0 Å². The van der Waals surface area contributed by atoms with Gasteiger partial charge in [-0.25, -0.2) is 8.78 Å². The highest BCUT2D eigenvalue weighted by molar-refractivity contribution is 5.95. The maximum Gasteiger partial charge on any atom is 0.189 e. The molecule has 0 aliphatic heterocycles. The molecular formula is C12H12F2N4O. The lowest BCUT2D eigenvalue weighted by Crippen LogP contribution is -2.10. The van der Waals surface area contributed by atoms with Gasteiger partial charge in [0.1, 0.15) is 5.69 Å². The average Bonchev–Trinajstić information content (AvgIpc) is 2.84. The first-order valence-corrected chi connectivity index (χ1v) is 5.68. The lowest BCUT2D eigenvalue weighted by atomic mass is 10.1. The summed E-state index contributed by atoms with van der Waals surface area (Å²) < 4.78 is 27.8. The van der Waals surface area contributed by atoms with Crippen LogP contribution in [0.2, 0.25) is 0 Å². The number of hydrogen-bond donors (Lipinski definition) is 1. The molecule has 1 aromatic carbocycles. The van der Waals surface area contributed by atoms with E-state index in [0.29, 0.717) is 13.1 Å². The molecule has 0 unspecified atom stereocenters. The standard InChI is InChI=1S/C12H12F2N4O/c13-9-3-1-2-8(12(9)14)6-11(19)10-7-18(5-4-15)17-16-10/h1-3,7H,4-6,15H2. The summed E-state index contributed by atoms with van der Waals surface area (Å²) in [6, 6.07) is 3.72. The van der Waals surface area contributed by atoms with E-state index in [2.05, 4.69) is 10.3 Å². The van der Waals surface area contributed by atoms with Gasteiger partial charge in [0.2, 0.25) is 0 Å². The molecule has 0 radical (unpaired) electrons. The first-order valence-electron chi connectivity index (χ1n) is 5.68. The molecule has 7 heteroatoms. The van der Waals surface area contributed by atoms with E-state index in [1.54, 1.807) is 0 Å². The minimum atomic E-state index is -1.01. The summed E-state index contributed by atoms with van der Waals surface area (Å²) in [6.45, 7) is 0.810. The molecule has 2 aromatic rings. The Labute approximate surface area is 108 Å². The third-order valence-electron chi connectivity index (χ3n) is 2.57. The monoisotopic (exact) mass is 266 g/mol. The minimum Gasteiger partial charge on any atom is -0.329 e. The molecule has 1 heterocycles. The van der Waals surface area contributed by atoms with Crippen molar-refractivity contribution in [2.24, 2.45) is 5.73 Å². The minimum absolute atomic E-state index is 0.00150. The molecule has 2 rings (SSSR count). The molecule has 0 spiro atoms. The highest BCUT2D eigenvalue weighted by Gasteiger charge is 2.15. The van der Waals surface area contributed by atoms with Gasteiger partial charge in [0.15, 0.2) is 17.4 Å². The van der Waals surface area contributed by atoms with E-state index >= 15 is 0 Å². The van der Waals surface area contributed by atoms with Gasteiger partial charge in [0.25, 0.3) is 0 Å². The normalized spacial score (nSPS) is 10.7. The second kappa shape index (κ2) is 5.66. The molecule has 0 fully saturated rings. The van der Waals surface area contributed by atoms with E-state index in [1.807, 2.05) is 0 Å². The molecule has 19 heavy (non-hydrogen) atoms. The van der Waals surface area contributed by atoms with Crippen molar-refractivity contribution >= 4 is 5.78 Å². The number of nitrogens with two attached hydrogens (primary N) is 1. The Bertz CT molecular complexity index is 597. The Hall–Kier alpha value is -2.15. The van der Waals surface area contributed by atoms with Gasteiger partial charge in [0, 0.05) is 13.0 Å². The Balaban J connectivity index is 2.14. The zero-order valence-corrected chi connectivity index (χ0v) is 10.0. The fourth-order valence-corrected chi connectivity index (χ4v) is 1.62. The van der Waals surface area contributed by atoms with Crippen LogP contribution in [0, 0.1) is 11.6 Å². The summed E-state index contributed by atoms with van der Waals surface area (Å²) in [5.41, 5.74) is 5.45. The van der Waals surface area contributed by atoms with Crippen molar-refractivity contribution in [3.63, 3.8) is 0 Å². The number of carbonyl (C=O) groups is 1. The molecule has 5 nitrogen and oxygen atoms in total. The van der Waals surface area contributed by atoms with Gasteiger partial charge in [-0.05, 0) is 11.6 Å². The van der Waals surface area contributed by atoms with Crippen molar-refractivity contribution in [3.05, 3.63) is 47.3 Å². The van der Waals surface area contributed by atoms with Crippen molar-refractivity contribution in [1.29, 1.82) is 0 Å². The number of carbonyl (C=O) groups excluding carboxylic acids is 1. The van der Waals surface area contributed by atoms with Crippen LogP contribution in [0.5, 0.6) is 0 Å². The smallest absolute Gasteiger partial charge is 0.189 e. The van der Waals surface area contributed by atoms with Gasteiger partial charge >= 0.3 is 0 Å². The predicted molar refractivity (Wildman–Crippen MR) is 63.5 cm³/mol. The third-order valence-corrected chi connectivity index (χ3v) is 2.57. The van der Waals surface area contributed by atoms with Gasteiger partial charge in [-0.1, -0.05) is 17.3 Å². The van der Waals surface area contributed by atoms with Gasteiger partial charge in [-0.3, -0.25) is 9.48 Å². The van der Waals surface area contributed by atoms with Crippen LogP contribution in [-0.2, 0) is 13.0 Å². The number of aromatic nitrogens is 3. The lowest BCUT2D eigenvalue weighted by molar-refractivity contribution is 0.0987. The van der Waals surface area contributed by atoms with Crippen LogP contribution in [0.15, 0.2) is 24.4 Å². The molecule has 0 saturated heterocycles. The van der Waals surface area contributed by atoms with Gasteiger partial charge in [0.05, 0.1) is 12.7 Å². The molecule has 0 aliphatic rings. The summed E-state index contributed by atoms with van der Waals surface area (Å²) >= 11 is 0. The van der Waals surface area contributed by atoms with Crippen LogP contribution in [0.3, 0.4) is 0 Å². The van der Waals surface area contributed by atoms with Crippen LogP contribution in [0.1, 0.15) is 16.1 Å². The predicted octanol–water partition coefficient (Wildman–Crippen LogP) is 0.940. The van der Waals surface area contributed by atoms with Crippen molar-refractivity contribution in [2.45, 2.75) is 13.0 Å². The van der Waals surface area contributed by atoms with Gasteiger partial charge in [-0.15, -0.1) is 5.10 Å². The largest absolute Gasteiger partial charge is 0.329 e. The van der Waals surface area contributed by atoms with Crippen LogP contribution < -0.4 is 5.73 Å². The Morgan fingerprint density at radius 1 is 1.37 bits per heavy atom. The second-order valence-electron chi connectivity index (χ2n) is 3.97. The van der Waals surface area contributed by atoms with Crippen molar-refractivity contribution in [3.8, 4) is 0 Å². The molecular weight excluding hydrogens is 254 g/mol. The van der Waals surface area contributed by atoms with Crippen molar-refractivity contribution in [2.75, 3.05) is 6.54 Å². The molecule has 0 amide bonds. The van der Waals surface area contributed by atoms with Crippen LogP contribution in [0.4, 0.5) is 8.78 Å². The van der Waals surface area contributed by atoms with E-state index in [4.69, 9.17) is 5.73 Å². The fraction of sp³-hybridized carbons (Fsp3) is 0.250. The van der Waals surface area contributed by atoms with Crippen LogP contribution in [-0.4, -0.2) is 27.3 Å². The Morgan fingerprint density at radius 3 is 2.89 bits per heavy atom. The van der Waals surface area contributed by atoms with Crippen molar-refractivity contribution in [1.82, 2.24) is 15.0 Å². The molecule has 100 valence electrons. The second-order valence-corrected chi connectivity index (χ2v) is 3.97. The third kappa shape index (κ3) is 3.00. The van der Waals surface area contributed by atoms with E-state index in [1.165, 1.54) is 23.0 Å². The number of nitrogens with zero attached hydrogens (tertiary/aromatic N) is 3. The highest BCUT2D eigenvalue weighted by Crippen LogP contribution is 2.13. The summed E-state index contributed by atoms with van der Waals surface area (Å²) in [5.74, 6) is -2.41. The zero-order valence-electron chi connectivity index (χ0n) is 10.0. The van der Waals surface area contributed by atoms with E-state index in [-0.39, 0.29) is 17.7 Å². The molecule has 0 atom stereocenters. The first kappa shape index (κ1) is 13.3. The number of hydrogen-bond acceptors (Lipinski definition) is 4. The topological polar surface area (TPSA) is 73.8 Å². The van der Waals surface area contributed by atoms with E-state index in [0.717, 1.165) is 6.07 Å². The van der Waals surface area contributed by atoms with Gasteiger partial charge in [-0.2, -0.15) is 0 Å². The Morgan fingerprint density at radius 2 is 2.16 bits per heavy atom. The molecule has 0 bridgehead atoms. The maximum absolute atomic E-state index is 13.4. The summed E-state index contributed by atoms with van der Waals surface area (Å²) in [4.78, 5) is 11.9. The van der Waals surface area contributed by atoms with Gasteiger partial charge < -0.3 is 5.73 Å². The molecule has 0 saturated carbocycles. The number of benzene rings is 1. The highest BCUT2D eigenvalue weighted by atomic mass is 19.2. The quantitative estimate of drug-likeness (QED) is 0.817. The van der Waals surface area contributed by atoms with Crippen LogP contribution in [0.25, 0.3) is 0 Å². The summed E-state index contributed by atoms with van der Waals surface area (Å²) in [7, 11) is 0. The first-order chi connectivity index (χ1) is 9.11. The Kier molecular flexibility index (Phi) is 3.96. The summed E-state index contributed by atoms with van der Waals surface area (Å²) in [6.07, 6.45) is 1.18. The number of rotatable bonds is 5. The average molecular weight is 266 g/mol. The van der Waals surface area contributed by atoms with Crippen molar-refractivity contribution < 1.29 is 13.6 Å². The SMILES string of the molecule is NCCn1cc(C(=O)Cc2cccc(F)c2F)nn1. The van der Waals surface area contributed by atoms with E-state index in [9.17, 15) is 13.6 Å². The number of halogens is 2. The van der Waals surface area contributed by atoms with E-state index < -0.39 is 17.4 Å². The number of Topliss-reactive ketones (excluding diaryl/α,β-unsaturated/α-hetero) is 1. The lowest BCUT2D eigenvalue weighted by Gasteiger charge is -2.01. The number of ketones is 1. The molecule has 1 aromatic heterocycles. The maximum atomic E-state index is 13.4. The molecule has 0 aliphatic carbocycles. The molecule has 2 N–H and O–H groups in total. The fourth-order valence-electron chi connectivity index (χ4n) is 1.62. The zero-order chi connectivity index (χ0) is 13.8.